The maximum atomic E-state index is 11.9. The van der Waals surface area contributed by atoms with Gasteiger partial charge in [0.15, 0.2) is 0 Å². The molecule has 0 bridgehead atoms. The number of carbonyl (C=O) groups excluding carboxylic acids is 3. The summed E-state index contributed by atoms with van der Waals surface area (Å²) < 4.78 is 22.3. The fourth-order valence-electron chi connectivity index (χ4n) is 2.77. The molecule has 2 atom stereocenters. The Hall–Kier alpha value is -1.55. The van der Waals surface area contributed by atoms with Gasteiger partial charge in [0, 0.05) is 52.2 Å². The molecule has 3 amide bonds. The Labute approximate surface area is 179 Å². The molecule has 30 heavy (non-hydrogen) atoms. The van der Waals surface area contributed by atoms with Crippen molar-refractivity contribution in [2.75, 3.05) is 53.2 Å². The zero-order valence-corrected chi connectivity index (χ0v) is 19.0. The molecule has 0 saturated carbocycles. The number of ether oxygens (including phenoxy) is 4. The van der Waals surface area contributed by atoms with Crippen molar-refractivity contribution < 1.29 is 33.3 Å². The fourth-order valence-corrected chi connectivity index (χ4v) is 2.77. The number of methoxy groups -OCH3 is 1. The van der Waals surface area contributed by atoms with Gasteiger partial charge in [-0.2, -0.15) is 0 Å². The van der Waals surface area contributed by atoms with Gasteiger partial charge in [0.1, 0.15) is 6.10 Å². The van der Waals surface area contributed by atoms with Gasteiger partial charge in [0.05, 0.1) is 25.4 Å². The van der Waals surface area contributed by atoms with E-state index in [4.69, 9.17) is 18.9 Å². The third-order valence-electron chi connectivity index (χ3n) is 4.85. The lowest BCUT2D eigenvalue weighted by molar-refractivity contribution is -0.139. The summed E-state index contributed by atoms with van der Waals surface area (Å²) in [6.07, 6.45) is 0.807. The second-order valence-electron chi connectivity index (χ2n) is 8.07. The fraction of sp³-hybridized carbons (Fsp3) is 0.857. The lowest BCUT2D eigenvalue weighted by Gasteiger charge is -2.26. The summed E-state index contributed by atoms with van der Waals surface area (Å²) in [5.41, 5.74) is -0.378. The van der Waals surface area contributed by atoms with Crippen molar-refractivity contribution in [1.82, 2.24) is 10.2 Å². The normalized spacial score (nSPS) is 18.2. The highest BCUT2D eigenvalue weighted by atomic mass is 16.6. The number of amides is 3. The smallest absolute Gasteiger partial charge is 0.232 e. The number of hydrogen-bond acceptors (Lipinski definition) is 7. The Balaban J connectivity index is 2.16. The van der Waals surface area contributed by atoms with Gasteiger partial charge in [-0.25, -0.2) is 0 Å². The molecule has 1 heterocycles. The maximum Gasteiger partial charge on any atom is 0.232 e. The van der Waals surface area contributed by atoms with Gasteiger partial charge in [0.2, 0.25) is 17.7 Å². The molecule has 174 valence electrons. The Morgan fingerprint density at radius 3 is 2.57 bits per heavy atom. The summed E-state index contributed by atoms with van der Waals surface area (Å²) in [6, 6.07) is 0. The lowest BCUT2D eigenvalue weighted by Crippen LogP contribution is -2.36. The minimum atomic E-state index is -0.378. The first-order valence-corrected chi connectivity index (χ1v) is 10.6. The van der Waals surface area contributed by atoms with Crippen LogP contribution in [0.4, 0.5) is 0 Å². The summed E-state index contributed by atoms with van der Waals surface area (Å²) in [7, 11) is 1.65. The van der Waals surface area contributed by atoms with Crippen molar-refractivity contribution in [2.24, 2.45) is 5.92 Å². The van der Waals surface area contributed by atoms with Crippen molar-refractivity contribution in [2.45, 2.75) is 58.7 Å². The number of hydrogen-bond donors (Lipinski definition) is 1. The molecule has 1 rings (SSSR count). The van der Waals surface area contributed by atoms with Crippen molar-refractivity contribution >= 4 is 17.7 Å². The van der Waals surface area contributed by atoms with Gasteiger partial charge in [-0.15, -0.1) is 0 Å². The van der Waals surface area contributed by atoms with E-state index >= 15 is 0 Å². The minimum absolute atomic E-state index is 0.116. The Morgan fingerprint density at radius 1 is 1.27 bits per heavy atom. The Morgan fingerprint density at radius 2 is 1.97 bits per heavy atom. The number of nitrogens with zero attached hydrogens (tertiary/aromatic N) is 1. The van der Waals surface area contributed by atoms with Crippen LogP contribution in [0.1, 0.15) is 47.0 Å². The van der Waals surface area contributed by atoms with Crippen LogP contribution in [0.25, 0.3) is 0 Å². The first-order valence-electron chi connectivity index (χ1n) is 10.6. The number of rotatable bonds is 16. The van der Waals surface area contributed by atoms with Crippen LogP contribution < -0.4 is 5.32 Å². The molecule has 0 aromatic carbocycles. The van der Waals surface area contributed by atoms with E-state index in [9.17, 15) is 14.4 Å². The van der Waals surface area contributed by atoms with E-state index in [2.05, 4.69) is 5.32 Å². The zero-order valence-electron chi connectivity index (χ0n) is 19.0. The average molecular weight is 431 g/mol. The zero-order chi connectivity index (χ0) is 22.6. The molecule has 0 aromatic rings. The Kier molecular flexibility index (Phi) is 12.1. The summed E-state index contributed by atoms with van der Waals surface area (Å²) in [5, 5.41) is 2.78. The molecule has 9 nitrogen and oxygen atoms in total. The predicted molar refractivity (Wildman–Crippen MR) is 111 cm³/mol. The highest BCUT2D eigenvalue weighted by Gasteiger charge is 2.35. The van der Waals surface area contributed by atoms with E-state index in [0.717, 1.165) is 0 Å². The number of carbonyl (C=O) groups is 3. The van der Waals surface area contributed by atoms with E-state index < -0.39 is 0 Å². The molecule has 9 heteroatoms. The first kappa shape index (κ1) is 26.5. The largest absolute Gasteiger partial charge is 0.379 e. The van der Waals surface area contributed by atoms with Gasteiger partial charge in [-0.3, -0.25) is 19.3 Å². The molecular formula is C21H38N2O7. The van der Waals surface area contributed by atoms with Crippen LogP contribution in [0.2, 0.25) is 0 Å². The van der Waals surface area contributed by atoms with Gasteiger partial charge in [-0.1, -0.05) is 6.92 Å². The first-order chi connectivity index (χ1) is 14.2. The van der Waals surface area contributed by atoms with E-state index in [-0.39, 0.29) is 54.7 Å². The molecule has 0 aliphatic carbocycles. The number of likely N-dealkylation sites (tertiary alicyclic amines) is 1. The summed E-state index contributed by atoms with van der Waals surface area (Å²) in [6.45, 7) is 10.5. The third kappa shape index (κ3) is 9.97. The van der Waals surface area contributed by atoms with Gasteiger partial charge in [-0.05, 0) is 27.2 Å². The van der Waals surface area contributed by atoms with Crippen LogP contribution in [-0.2, 0) is 33.3 Å². The summed E-state index contributed by atoms with van der Waals surface area (Å²) in [5.74, 6) is -0.867. The summed E-state index contributed by atoms with van der Waals surface area (Å²) >= 11 is 0. The SMILES string of the molecule is CCOCC(COCCCNC(=O)CCN1C(=O)CC(C)C1=O)OCC(C)(C)OC. The topological polar surface area (TPSA) is 103 Å². The van der Waals surface area contributed by atoms with Gasteiger partial charge >= 0.3 is 0 Å². The molecule has 1 aliphatic rings. The molecule has 0 spiro atoms. The second-order valence-corrected chi connectivity index (χ2v) is 8.07. The maximum absolute atomic E-state index is 11.9. The second kappa shape index (κ2) is 13.7. The van der Waals surface area contributed by atoms with E-state index in [1.807, 2.05) is 20.8 Å². The van der Waals surface area contributed by atoms with Crippen molar-refractivity contribution in [1.29, 1.82) is 0 Å². The van der Waals surface area contributed by atoms with E-state index in [0.29, 0.717) is 46.0 Å². The molecule has 1 fully saturated rings. The predicted octanol–water partition coefficient (Wildman–Crippen LogP) is 1.14. The highest BCUT2D eigenvalue weighted by molar-refractivity contribution is 6.03. The van der Waals surface area contributed by atoms with E-state index in [1.54, 1.807) is 14.0 Å². The molecule has 0 radical (unpaired) electrons. The number of nitrogens with one attached hydrogen (secondary N) is 1. The summed E-state index contributed by atoms with van der Waals surface area (Å²) in [4.78, 5) is 36.6. The average Bonchev–Trinajstić information content (AvgIpc) is 2.95. The molecule has 1 saturated heterocycles. The van der Waals surface area contributed by atoms with Crippen LogP contribution in [0.5, 0.6) is 0 Å². The minimum Gasteiger partial charge on any atom is -0.379 e. The van der Waals surface area contributed by atoms with Crippen molar-refractivity contribution in [3.63, 3.8) is 0 Å². The monoisotopic (exact) mass is 430 g/mol. The van der Waals surface area contributed by atoms with Crippen LogP contribution in [-0.4, -0.2) is 87.6 Å². The van der Waals surface area contributed by atoms with Crippen LogP contribution in [0.3, 0.4) is 0 Å². The van der Waals surface area contributed by atoms with Gasteiger partial charge in [0.25, 0.3) is 0 Å². The third-order valence-corrected chi connectivity index (χ3v) is 4.85. The van der Waals surface area contributed by atoms with Crippen molar-refractivity contribution in [3.8, 4) is 0 Å². The van der Waals surface area contributed by atoms with Crippen LogP contribution in [0, 0.1) is 5.92 Å². The van der Waals surface area contributed by atoms with Gasteiger partial charge < -0.3 is 24.3 Å². The van der Waals surface area contributed by atoms with Crippen LogP contribution >= 0.6 is 0 Å². The highest BCUT2D eigenvalue weighted by Crippen LogP contribution is 2.18. The number of imide groups is 1. The Bertz CT molecular complexity index is 553. The molecular weight excluding hydrogens is 392 g/mol. The molecule has 2 unspecified atom stereocenters. The standard InChI is InChI=1S/C21H38N2O7/c1-6-28-13-17(30-15-21(3,4)27-5)14-29-11-7-9-22-18(24)8-10-23-19(25)12-16(2)20(23)26/h16-17H,6-15H2,1-5H3,(H,22,24). The lowest BCUT2D eigenvalue weighted by atomic mass is 10.1. The molecule has 1 N–H and O–H groups in total. The van der Waals surface area contributed by atoms with Crippen LogP contribution in [0.15, 0.2) is 0 Å². The molecule has 0 aromatic heterocycles. The quantitative estimate of drug-likeness (QED) is 0.289. The van der Waals surface area contributed by atoms with E-state index in [1.165, 1.54) is 4.90 Å². The molecule has 1 aliphatic heterocycles. The van der Waals surface area contributed by atoms with Crippen molar-refractivity contribution in [3.05, 3.63) is 0 Å².